The van der Waals surface area contributed by atoms with Gasteiger partial charge in [-0.05, 0) is 29.8 Å². The van der Waals surface area contributed by atoms with E-state index in [0.717, 1.165) is 0 Å². The summed E-state index contributed by atoms with van der Waals surface area (Å²) in [6.07, 6.45) is 3.78. The molecule has 0 fully saturated rings. The van der Waals surface area contributed by atoms with Crippen molar-refractivity contribution in [2.24, 2.45) is 0 Å². The molecule has 1 atom stereocenters. The molecule has 1 N–H and O–H groups in total. The van der Waals surface area contributed by atoms with Gasteiger partial charge in [-0.1, -0.05) is 17.3 Å². The Morgan fingerprint density at radius 2 is 2.04 bits per heavy atom. The average molecular weight is 340 g/mol. The van der Waals surface area contributed by atoms with Gasteiger partial charge in [0.15, 0.2) is 5.76 Å². The van der Waals surface area contributed by atoms with Gasteiger partial charge in [0.1, 0.15) is 24.3 Å². The van der Waals surface area contributed by atoms with Crippen LogP contribution in [0, 0.1) is 5.82 Å². The Kier molecular flexibility index (Phi) is 3.87. The molecule has 4 aromatic rings. The highest BCUT2D eigenvalue weighted by molar-refractivity contribution is 5.44. The molecule has 8 heteroatoms. The van der Waals surface area contributed by atoms with Crippen LogP contribution in [0.1, 0.15) is 23.4 Å². The maximum atomic E-state index is 13.0. The summed E-state index contributed by atoms with van der Waals surface area (Å²) in [6, 6.07) is 9.08. The van der Waals surface area contributed by atoms with E-state index in [1.165, 1.54) is 30.5 Å². The van der Waals surface area contributed by atoms with E-state index in [4.69, 9.17) is 8.94 Å². The van der Waals surface area contributed by atoms with Gasteiger partial charge in [0.25, 0.3) is 0 Å². The first-order valence-electron chi connectivity index (χ1n) is 7.52. The van der Waals surface area contributed by atoms with E-state index in [1.807, 2.05) is 0 Å². The van der Waals surface area contributed by atoms with Crippen LogP contribution in [0.15, 0.2) is 64.0 Å². The Morgan fingerprint density at radius 3 is 2.80 bits per heavy atom. The van der Waals surface area contributed by atoms with Crippen molar-refractivity contribution < 1.29 is 18.4 Å². The van der Waals surface area contributed by atoms with Gasteiger partial charge in [0.05, 0.1) is 6.26 Å². The second-order valence-corrected chi connectivity index (χ2v) is 5.36. The number of benzene rings is 1. The molecule has 1 aromatic carbocycles. The lowest BCUT2D eigenvalue weighted by molar-refractivity contribution is 0.204. The second kappa shape index (κ2) is 6.33. The fraction of sp³-hybridized carbons (Fsp3) is 0.118. The maximum absolute atomic E-state index is 13.0. The van der Waals surface area contributed by atoms with Crippen LogP contribution in [0.3, 0.4) is 0 Å². The van der Waals surface area contributed by atoms with E-state index in [9.17, 15) is 9.50 Å². The van der Waals surface area contributed by atoms with E-state index >= 15 is 0 Å². The smallest absolute Gasteiger partial charge is 0.247 e. The van der Waals surface area contributed by atoms with Crippen molar-refractivity contribution in [1.82, 2.24) is 19.7 Å². The topological polar surface area (TPSA) is 90.1 Å². The molecular formula is C17H13FN4O3. The molecule has 0 amide bonds. The molecule has 126 valence electrons. The Balaban J connectivity index is 1.56. The van der Waals surface area contributed by atoms with Crippen LogP contribution < -0.4 is 0 Å². The van der Waals surface area contributed by atoms with E-state index in [-0.39, 0.29) is 12.4 Å². The number of hydrogen-bond donors (Lipinski definition) is 1. The fourth-order valence-corrected chi connectivity index (χ4v) is 2.47. The molecule has 0 saturated heterocycles. The van der Waals surface area contributed by atoms with Gasteiger partial charge in [-0.15, -0.1) is 0 Å². The fourth-order valence-electron chi connectivity index (χ4n) is 2.47. The van der Waals surface area contributed by atoms with Crippen molar-refractivity contribution in [1.29, 1.82) is 0 Å². The highest BCUT2D eigenvalue weighted by Crippen LogP contribution is 2.22. The standard InChI is InChI=1S/C17H13FN4O3/c18-12-5-3-11(4-6-12)15(23)17-19-7-8-22(17)10-14-20-16(21-25-14)13-2-1-9-24-13/h1-9,15,23H,10H2/t15-/m0/s1. The molecule has 0 bridgehead atoms. The minimum Gasteiger partial charge on any atom is -0.461 e. The normalized spacial score (nSPS) is 12.4. The van der Waals surface area contributed by atoms with E-state index < -0.39 is 6.10 Å². The van der Waals surface area contributed by atoms with Crippen LogP contribution in [0.25, 0.3) is 11.6 Å². The van der Waals surface area contributed by atoms with Gasteiger partial charge in [0.2, 0.25) is 11.7 Å². The molecule has 3 aromatic heterocycles. The predicted molar refractivity (Wildman–Crippen MR) is 83.8 cm³/mol. The zero-order chi connectivity index (χ0) is 17.2. The first-order chi connectivity index (χ1) is 12.2. The van der Waals surface area contributed by atoms with Crippen LogP contribution in [-0.2, 0) is 6.54 Å². The van der Waals surface area contributed by atoms with Gasteiger partial charge in [0, 0.05) is 12.4 Å². The highest BCUT2D eigenvalue weighted by atomic mass is 19.1. The quantitative estimate of drug-likeness (QED) is 0.601. The third-order valence-corrected chi connectivity index (χ3v) is 3.69. The van der Waals surface area contributed by atoms with Gasteiger partial charge in [-0.2, -0.15) is 4.98 Å². The van der Waals surface area contributed by atoms with E-state index in [1.54, 1.807) is 29.1 Å². The lowest BCUT2D eigenvalue weighted by atomic mass is 10.1. The zero-order valence-electron chi connectivity index (χ0n) is 12.9. The average Bonchev–Trinajstić information content (AvgIpc) is 3.37. The molecule has 0 saturated carbocycles. The molecule has 4 rings (SSSR count). The summed E-state index contributed by atoms with van der Waals surface area (Å²) < 4.78 is 25.2. The number of aliphatic hydroxyl groups is 1. The number of nitrogens with zero attached hydrogens (tertiary/aromatic N) is 4. The highest BCUT2D eigenvalue weighted by Gasteiger charge is 2.18. The molecule has 0 radical (unpaired) electrons. The van der Waals surface area contributed by atoms with Gasteiger partial charge < -0.3 is 18.6 Å². The van der Waals surface area contributed by atoms with E-state index in [0.29, 0.717) is 28.9 Å². The lowest BCUT2D eigenvalue weighted by Gasteiger charge is -2.12. The maximum Gasteiger partial charge on any atom is 0.247 e. The first-order valence-corrected chi connectivity index (χ1v) is 7.52. The Bertz CT molecular complexity index is 960. The SMILES string of the molecule is O[C@@H](c1ccc(F)cc1)c1nccn1Cc1nc(-c2ccco2)no1. The summed E-state index contributed by atoms with van der Waals surface area (Å²) in [5, 5.41) is 14.4. The van der Waals surface area contributed by atoms with Gasteiger partial charge in [-0.25, -0.2) is 9.37 Å². The molecule has 3 heterocycles. The van der Waals surface area contributed by atoms with Crippen molar-refractivity contribution in [2.45, 2.75) is 12.6 Å². The Labute approximate surface area is 141 Å². The molecule has 0 spiro atoms. The number of rotatable bonds is 5. The molecule has 0 aliphatic rings. The lowest BCUT2D eigenvalue weighted by Crippen LogP contribution is -2.10. The third-order valence-electron chi connectivity index (χ3n) is 3.69. The number of furan rings is 1. The van der Waals surface area contributed by atoms with Gasteiger partial charge >= 0.3 is 0 Å². The largest absolute Gasteiger partial charge is 0.461 e. The summed E-state index contributed by atoms with van der Waals surface area (Å²) in [7, 11) is 0. The van der Waals surface area contributed by atoms with Crippen molar-refractivity contribution in [3.63, 3.8) is 0 Å². The van der Waals surface area contributed by atoms with Gasteiger partial charge in [-0.3, -0.25) is 0 Å². The summed E-state index contributed by atoms with van der Waals surface area (Å²) in [5.41, 5.74) is 0.538. The monoisotopic (exact) mass is 340 g/mol. The van der Waals surface area contributed by atoms with Crippen molar-refractivity contribution in [3.8, 4) is 11.6 Å². The molecule has 0 unspecified atom stereocenters. The molecule has 0 aliphatic heterocycles. The number of hydrogen-bond acceptors (Lipinski definition) is 6. The molecular weight excluding hydrogens is 327 g/mol. The second-order valence-electron chi connectivity index (χ2n) is 5.36. The minimum atomic E-state index is -0.997. The van der Waals surface area contributed by atoms with Crippen LogP contribution in [-0.4, -0.2) is 24.8 Å². The Hall–Kier alpha value is -3.26. The van der Waals surface area contributed by atoms with Crippen LogP contribution >= 0.6 is 0 Å². The van der Waals surface area contributed by atoms with E-state index in [2.05, 4.69) is 15.1 Å². The summed E-state index contributed by atoms with van der Waals surface area (Å²) in [4.78, 5) is 8.44. The van der Waals surface area contributed by atoms with Crippen molar-refractivity contribution >= 4 is 0 Å². The summed E-state index contributed by atoms with van der Waals surface area (Å²) >= 11 is 0. The summed E-state index contributed by atoms with van der Waals surface area (Å²) in [5.74, 6) is 1.23. The predicted octanol–water partition coefficient (Wildman–Crippen LogP) is 2.80. The van der Waals surface area contributed by atoms with Crippen LogP contribution in [0.4, 0.5) is 4.39 Å². The molecule has 7 nitrogen and oxygen atoms in total. The third kappa shape index (κ3) is 3.07. The van der Waals surface area contributed by atoms with Crippen molar-refractivity contribution in [2.75, 3.05) is 0 Å². The molecule has 25 heavy (non-hydrogen) atoms. The Morgan fingerprint density at radius 1 is 1.20 bits per heavy atom. The summed E-state index contributed by atoms with van der Waals surface area (Å²) in [6.45, 7) is 0.237. The van der Waals surface area contributed by atoms with Crippen LogP contribution in [0.5, 0.6) is 0 Å². The number of aromatic nitrogens is 4. The molecule has 0 aliphatic carbocycles. The minimum absolute atomic E-state index is 0.237. The first kappa shape index (κ1) is 15.3. The number of imidazole rings is 1. The zero-order valence-corrected chi connectivity index (χ0v) is 12.9. The van der Waals surface area contributed by atoms with Crippen LogP contribution in [0.2, 0.25) is 0 Å². The number of halogens is 1. The van der Waals surface area contributed by atoms with Crippen molar-refractivity contribution in [3.05, 3.63) is 78.2 Å². The number of aliphatic hydroxyl groups excluding tert-OH is 1.